The molecule has 0 aliphatic heterocycles. The van der Waals surface area contributed by atoms with Gasteiger partial charge in [-0.05, 0) is 61.0 Å². The van der Waals surface area contributed by atoms with Crippen LogP contribution in [0.15, 0.2) is 100 Å². The topological polar surface area (TPSA) is 123 Å². The van der Waals surface area contributed by atoms with Gasteiger partial charge >= 0.3 is 0 Å². The van der Waals surface area contributed by atoms with Crippen LogP contribution in [0.1, 0.15) is 21.7 Å². The predicted octanol–water partition coefficient (Wildman–Crippen LogP) is 5.13. The lowest BCUT2D eigenvalue weighted by atomic mass is 10.1. The van der Waals surface area contributed by atoms with Gasteiger partial charge in [0.25, 0.3) is 11.8 Å². The Kier molecular flexibility index (Phi) is 9.15. The van der Waals surface area contributed by atoms with Gasteiger partial charge in [0.05, 0.1) is 12.9 Å². The van der Waals surface area contributed by atoms with Gasteiger partial charge in [0.1, 0.15) is 17.2 Å². The van der Waals surface area contributed by atoms with Crippen LogP contribution in [0.3, 0.4) is 0 Å². The maximum absolute atomic E-state index is 13.3. The zero-order valence-electron chi connectivity index (χ0n) is 21.3. The van der Waals surface area contributed by atoms with E-state index >= 15 is 0 Å². The highest BCUT2D eigenvalue weighted by atomic mass is 32.2. The summed E-state index contributed by atoms with van der Waals surface area (Å²) in [5.74, 6) is 0.606. The van der Waals surface area contributed by atoms with Crippen molar-refractivity contribution in [3.05, 3.63) is 108 Å². The minimum absolute atomic E-state index is 0.0642. The molecule has 4 aromatic rings. The van der Waals surface area contributed by atoms with Crippen LogP contribution < -0.4 is 20.7 Å². The molecule has 0 aliphatic carbocycles. The summed E-state index contributed by atoms with van der Waals surface area (Å²) in [5, 5.41) is 12.0. The molecule has 0 atom stereocenters. The fourth-order valence-corrected chi connectivity index (χ4v) is 4.18. The Balaban J connectivity index is 1.46. The van der Waals surface area contributed by atoms with Crippen molar-refractivity contribution in [2.75, 3.05) is 23.5 Å². The van der Waals surface area contributed by atoms with Crippen molar-refractivity contribution in [2.24, 2.45) is 0 Å². The molecule has 3 aromatic carbocycles. The first kappa shape index (κ1) is 27.2. The summed E-state index contributed by atoms with van der Waals surface area (Å²) in [6.07, 6.45) is 1.59. The molecule has 3 amide bonds. The summed E-state index contributed by atoms with van der Waals surface area (Å²) in [6.45, 7) is 1.74. The second-order valence-electron chi connectivity index (χ2n) is 8.29. The molecule has 4 rings (SSSR count). The molecule has 0 radical (unpaired) electrons. The minimum Gasteiger partial charge on any atom is -0.497 e. The van der Waals surface area contributed by atoms with E-state index in [2.05, 4.69) is 21.1 Å². The number of benzene rings is 3. The number of carbonyl (C=O) groups is 3. The third-order valence-corrected chi connectivity index (χ3v) is 6.31. The van der Waals surface area contributed by atoms with Gasteiger partial charge in [0, 0.05) is 22.2 Å². The molecular weight excluding hydrogens is 516 g/mol. The van der Waals surface area contributed by atoms with Crippen LogP contribution in [0, 0.1) is 6.92 Å². The molecule has 198 valence electrons. The molecule has 1 heterocycles. The molecule has 0 saturated carbocycles. The first-order valence-corrected chi connectivity index (χ1v) is 12.9. The number of methoxy groups -OCH3 is 1. The van der Waals surface area contributed by atoms with Crippen molar-refractivity contribution >= 4 is 47.1 Å². The molecule has 0 saturated heterocycles. The van der Waals surface area contributed by atoms with Crippen molar-refractivity contribution in [3.8, 4) is 5.75 Å². The van der Waals surface area contributed by atoms with Crippen molar-refractivity contribution < 1.29 is 23.6 Å². The number of aromatic nitrogens is 1. The number of hydrogen-bond acceptors (Lipinski definition) is 7. The quantitative estimate of drug-likeness (QED) is 0.188. The molecular formula is C29H26N4O5S. The van der Waals surface area contributed by atoms with Gasteiger partial charge in [-0.15, -0.1) is 11.8 Å². The monoisotopic (exact) mass is 542 g/mol. The largest absolute Gasteiger partial charge is 0.497 e. The van der Waals surface area contributed by atoms with E-state index < -0.39 is 11.8 Å². The van der Waals surface area contributed by atoms with Crippen molar-refractivity contribution in [1.82, 2.24) is 10.5 Å². The maximum Gasteiger partial charge on any atom is 0.272 e. The van der Waals surface area contributed by atoms with Gasteiger partial charge in [-0.3, -0.25) is 14.4 Å². The number of rotatable bonds is 10. The van der Waals surface area contributed by atoms with E-state index in [0.29, 0.717) is 34.1 Å². The summed E-state index contributed by atoms with van der Waals surface area (Å²) in [5.41, 5.74) is 1.69. The second-order valence-corrected chi connectivity index (χ2v) is 9.34. The number of anilines is 2. The number of hydrogen-bond donors (Lipinski definition) is 3. The Morgan fingerprint density at radius 3 is 2.41 bits per heavy atom. The van der Waals surface area contributed by atoms with Gasteiger partial charge in [-0.25, -0.2) is 0 Å². The molecule has 10 heteroatoms. The highest BCUT2D eigenvalue weighted by molar-refractivity contribution is 8.00. The van der Waals surface area contributed by atoms with Crippen molar-refractivity contribution in [1.29, 1.82) is 0 Å². The molecule has 3 N–H and O–H groups in total. The zero-order valence-corrected chi connectivity index (χ0v) is 22.1. The summed E-state index contributed by atoms with van der Waals surface area (Å²) in [6, 6.07) is 24.4. The standard InChI is InChI=1S/C29H26N4O5S/c1-19-15-26(33-38-19)32-27(34)18-39-24-10-6-9-22(17-24)30-29(36)25(16-20-11-13-23(37-2)14-12-20)31-28(35)21-7-4-3-5-8-21/h3-17H,18H2,1-2H3,(H,30,36)(H,31,35)(H,32,33,34)/b25-16+. The van der Waals surface area contributed by atoms with E-state index in [4.69, 9.17) is 9.26 Å². The van der Waals surface area contributed by atoms with Crippen LogP contribution in [0.25, 0.3) is 6.08 Å². The maximum atomic E-state index is 13.3. The lowest BCUT2D eigenvalue weighted by Gasteiger charge is -2.12. The third kappa shape index (κ3) is 8.08. The van der Waals surface area contributed by atoms with E-state index in [1.54, 1.807) is 92.9 Å². The number of nitrogens with zero attached hydrogens (tertiary/aromatic N) is 1. The normalized spacial score (nSPS) is 11.0. The molecule has 0 aliphatic rings. The molecule has 9 nitrogen and oxygen atoms in total. The number of amides is 3. The Morgan fingerprint density at radius 1 is 0.949 bits per heavy atom. The number of nitrogens with one attached hydrogen (secondary N) is 3. The summed E-state index contributed by atoms with van der Waals surface area (Å²) >= 11 is 1.30. The van der Waals surface area contributed by atoms with Gasteiger partial charge in [-0.2, -0.15) is 0 Å². The SMILES string of the molecule is COc1ccc(/C=C(/NC(=O)c2ccccc2)C(=O)Nc2cccc(SCC(=O)Nc3cc(C)on3)c2)cc1. The van der Waals surface area contributed by atoms with E-state index in [0.717, 1.165) is 4.90 Å². The summed E-state index contributed by atoms with van der Waals surface area (Å²) in [7, 11) is 1.57. The number of thioether (sulfide) groups is 1. The van der Waals surface area contributed by atoms with Gasteiger partial charge in [-0.1, -0.05) is 41.6 Å². The van der Waals surface area contributed by atoms with Crippen LogP contribution in [0.5, 0.6) is 5.75 Å². The number of aryl methyl sites for hydroxylation is 1. The Hall–Kier alpha value is -4.83. The smallest absolute Gasteiger partial charge is 0.272 e. The molecule has 0 fully saturated rings. The fraction of sp³-hybridized carbons (Fsp3) is 0.103. The lowest BCUT2D eigenvalue weighted by Crippen LogP contribution is -2.30. The lowest BCUT2D eigenvalue weighted by molar-refractivity contribution is -0.114. The first-order chi connectivity index (χ1) is 18.9. The van der Waals surface area contributed by atoms with Crippen LogP contribution in [0.2, 0.25) is 0 Å². The van der Waals surface area contributed by atoms with E-state index in [-0.39, 0.29) is 17.4 Å². The number of carbonyl (C=O) groups excluding carboxylic acids is 3. The van der Waals surface area contributed by atoms with Crippen LogP contribution in [0.4, 0.5) is 11.5 Å². The van der Waals surface area contributed by atoms with Crippen LogP contribution in [-0.4, -0.2) is 35.7 Å². The zero-order chi connectivity index (χ0) is 27.6. The van der Waals surface area contributed by atoms with Gasteiger partial charge in [0.15, 0.2) is 5.82 Å². The highest BCUT2D eigenvalue weighted by Gasteiger charge is 2.16. The molecule has 0 unspecified atom stereocenters. The fourth-order valence-electron chi connectivity index (χ4n) is 3.42. The van der Waals surface area contributed by atoms with E-state index in [1.165, 1.54) is 11.8 Å². The highest BCUT2D eigenvalue weighted by Crippen LogP contribution is 2.23. The average Bonchev–Trinajstić information content (AvgIpc) is 3.36. The van der Waals surface area contributed by atoms with Gasteiger partial charge in [0.2, 0.25) is 5.91 Å². The first-order valence-electron chi connectivity index (χ1n) is 11.9. The predicted molar refractivity (Wildman–Crippen MR) is 151 cm³/mol. The van der Waals surface area contributed by atoms with Gasteiger partial charge < -0.3 is 25.2 Å². The molecule has 39 heavy (non-hydrogen) atoms. The van der Waals surface area contributed by atoms with Crippen LogP contribution in [-0.2, 0) is 9.59 Å². The Labute approximate surface area is 229 Å². The van der Waals surface area contributed by atoms with Crippen molar-refractivity contribution in [2.45, 2.75) is 11.8 Å². The third-order valence-electron chi connectivity index (χ3n) is 5.31. The second kappa shape index (κ2) is 13.1. The Bertz CT molecular complexity index is 1480. The van der Waals surface area contributed by atoms with Crippen molar-refractivity contribution in [3.63, 3.8) is 0 Å². The average molecular weight is 543 g/mol. The van der Waals surface area contributed by atoms with E-state index in [1.807, 2.05) is 12.1 Å². The van der Waals surface area contributed by atoms with Crippen LogP contribution >= 0.6 is 11.8 Å². The molecule has 0 spiro atoms. The summed E-state index contributed by atoms with van der Waals surface area (Å²) < 4.78 is 10.1. The van der Waals surface area contributed by atoms with E-state index in [9.17, 15) is 14.4 Å². The minimum atomic E-state index is -0.503. The number of ether oxygens (including phenoxy) is 1. The Morgan fingerprint density at radius 2 is 1.72 bits per heavy atom. The molecule has 1 aromatic heterocycles. The molecule has 0 bridgehead atoms. The summed E-state index contributed by atoms with van der Waals surface area (Å²) in [4.78, 5) is 39.1.